The maximum atomic E-state index is 11.7. The van der Waals surface area contributed by atoms with Gasteiger partial charge in [-0.1, -0.05) is 13.8 Å². The van der Waals surface area contributed by atoms with E-state index in [0.717, 1.165) is 26.2 Å². The Hall–Kier alpha value is -0.170. The van der Waals surface area contributed by atoms with E-state index in [9.17, 15) is 8.42 Å². The third-order valence-electron chi connectivity index (χ3n) is 3.07. The zero-order chi connectivity index (χ0) is 12.9. The van der Waals surface area contributed by atoms with Crippen molar-refractivity contribution in [3.05, 3.63) is 0 Å². The topological polar surface area (TPSA) is 52.7 Å². The van der Waals surface area contributed by atoms with Crippen molar-refractivity contribution in [1.29, 1.82) is 0 Å². The van der Waals surface area contributed by atoms with Crippen molar-refractivity contribution < 1.29 is 8.42 Å². The van der Waals surface area contributed by atoms with Gasteiger partial charge in [0.05, 0.1) is 5.75 Å². The van der Waals surface area contributed by atoms with Gasteiger partial charge in [0.25, 0.3) is 0 Å². The molecule has 102 valence electrons. The third kappa shape index (κ3) is 4.91. The van der Waals surface area contributed by atoms with Crippen LogP contribution in [0.3, 0.4) is 0 Å². The zero-order valence-corrected chi connectivity index (χ0v) is 12.0. The van der Waals surface area contributed by atoms with Gasteiger partial charge >= 0.3 is 0 Å². The summed E-state index contributed by atoms with van der Waals surface area (Å²) in [4.78, 5) is 2.32. The Balaban J connectivity index is 2.27. The number of nitrogens with zero attached hydrogens (tertiary/aromatic N) is 2. The average molecular weight is 263 g/mol. The Morgan fingerprint density at radius 2 is 1.76 bits per heavy atom. The van der Waals surface area contributed by atoms with Crippen LogP contribution in [0.2, 0.25) is 0 Å². The highest BCUT2D eigenvalue weighted by Crippen LogP contribution is 2.07. The van der Waals surface area contributed by atoms with E-state index in [0.29, 0.717) is 19.1 Å². The fraction of sp³-hybridized carbons (Fsp3) is 1.00. The summed E-state index contributed by atoms with van der Waals surface area (Å²) < 4.78 is 24.9. The van der Waals surface area contributed by atoms with Gasteiger partial charge in [-0.05, 0) is 6.92 Å². The second kappa shape index (κ2) is 6.68. The predicted molar refractivity (Wildman–Crippen MR) is 70.6 cm³/mol. The molecule has 0 aromatic carbocycles. The lowest BCUT2D eigenvalue weighted by atomic mass is 10.3. The number of nitrogens with one attached hydrogen (secondary N) is 1. The lowest BCUT2D eigenvalue weighted by Gasteiger charge is -2.33. The van der Waals surface area contributed by atoms with Crippen molar-refractivity contribution in [2.75, 3.05) is 45.0 Å². The first kappa shape index (κ1) is 14.9. The Labute approximate surface area is 105 Å². The molecule has 0 amide bonds. The monoisotopic (exact) mass is 263 g/mol. The van der Waals surface area contributed by atoms with E-state index >= 15 is 0 Å². The van der Waals surface area contributed by atoms with E-state index in [1.165, 1.54) is 0 Å². The van der Waals surface area contributed by atoms with Gasteiger partial charge in [-0.2, -0.15) is 4.31 Å². The Bertz CT molecular complexity index is 309. The van der Waals surface area contributed by atoms with Gasteiger partial charge < -0.3 is 5.32 Å². The van der Waals surface area contributed by atoms with Crippen molar-refractivity contribution in [2.24, 2.45) is 0 Å². The minimum atomic E-state index is -2.99. The average Bonchev–Trinajstić information content (AvgIpc) is 2.29. The lowest BCUT2D eigenvalue weighted by molar-refractivity contribution is 0.188. The summed E-state index contributed by atoms with van der Waals surface area (Å²) in [5, 5.41) is 3.37. The number of hydrogen-bond acceptors (Lipinski definition) is 4. The molecule has 6 heteroatoms. The fourth-order valence-electron chi connectivity index (χ4n) is 1.93. The molecule has 0 aromatic heterocycles. The fourth-order valence-corrected chi connectivity index (χ4v) is 3.01. The molecule has 0 aromatic rings. The molecule has 0 unspecified atom stereocenters. The maximum Gasteiger partial charge on any atom is 0.213 e. The second-order valence-corrected chi connectivity index (χ2v) is 7.01. The van der Waals surface area contributed by atoms with Crippen LogP contribution in [0.1, 0.15) is 20.8 Å². The highest BCUT2D eigenvalue weighted by Gasteiger charge is 2.24. The molecular formula is C11H25N3O2S. The van der Waals surface area contributed by atoms with E-state index in [-0.39, 0.29) is 5.75 Å². The molecular weight excluding hydrogens is 238 g/mol. The summed E-state index contributed by atoms with van der Waals surface area (Å²) in [6, 6.07) is 0.511. The van der Waals surface area contributed by atoms with Gasteiger partial charge in [-0.25, -0.2) is 8.42 Å². The number of piperazine rings is 1. The maximum absolute atomic E-state index is 11.7. The van der Waals surface area contributed by atoms with Crippen LogP contribution in [-0.2, 0) is 10.0 Å². The first-order valence-electron chi connectivity index (χ1n) is 6.39. The van der Waals surface area contributed by atoms with Crippen molar-refractivity contribution in [3.63, 3.8) is 0 Å². The zero-order valence-electron chi connectivity index (χ0n) is 11.1. The Morgan fingerprint density at radius 3 is 2.24 bits per heavy atom. The molecule has 0 aliphatic carbocycles. The second-order valence-electron chi connectivity index (χ2n) is 4.75. The Morgan fingerprint density at radius 1 is 1.18 bits per heavy atom. The normalized spacial score (nSPS) is 20.0. The van der Waals surface area contributed by atoms with Crippen LogP contribution in [0.4, 0.5) is 0 Å². The van der Waals surface area contributed by atoms with E-state index in [2.05, 4.69) is 24.1 Å². The van der Waals surface area contributed by atoms with E-state index in [4.69, 9.17) is 0 Å². The molecule has 1 heterocycles. The van der Waals surface area contributed by atoms with Crippen LogP contribution in [0.25, 0.3) is 0 Å². The van der Waals surface area contributed by atoms with E-state index < -0.39 is 10.0 Å². The molecule has 0 atom stereocenters. The van der Waals surface area contributed by atoms with E-state index in [1.807, 2.05) is 0 Å². The molecule has 17 heavy (non-hydrogen) atoms. The van der Waals surface area contributed by atoms with Gasteiger partial charge in [0.1, 0.15) is 0 Å². The molecule has 0 radical (unpaired) electrons. The largest absolute Gasteiger partial charge is 0.313 e. The summed E-state index contributed by atoms with van der Waals surface area (Å²) in [5.41, 5.74) is 0. The molecule has 1 fully saturated rings. The van der Waals surface area contributed by atoms with Crippen LogP contribution in [0.15, 0.2) is 0 Å². The lowest BCUT2D eigenvalue weighted by Crippen LogP contribution is -2.50. The number of hydrogen-bond donors (Lipinski definition) is 1. The summed E-state index contributed by atoms with van der Waals surface area (Å²) >= 11 is 0. The molecule has 1 rings (SSSR count). The number of rotatable bonds is 6. The first-order valence-corrected chi connectivity index (χ1v) is 8.00. The van der Waals surface area contributed by atoms with Crippen LogP contribution in [0, 0.1) is 0 Å². The minimum absolute atomic E-state index is 0.210. The summed E-state index contributed by atoms with van der Waals surface area (Å²) in [6.45, 7) is 10.9. The molecule has 1 aliphatic heterocycles. The van der Waals surface area contributed by atoms with Gasteiger partial charge in [-0.3, -0.25) is 4.90 Å². The minimum Gasteiger partial charge on any atom is -0.313 e. The molecule has 0 spiro atoms. The Kier molecular flexibility index (Phi) is 5.85. The number of sulfonamides is 1. The quantitative estimate of drug-likeness (QED) is 0.730. The van der Waals surface area contributed by atoms with Crippen LogP contribution in [0.5, 0.6) is 0 Å². The van der Waals surface area contributed by atoms with Crippen molar-refractivity contribution in [1.82, 2.24) is 14.5 Å². The van der Waals surface area contributed by atoms with Gasteiger partial charge in [0.2, 0.25) is 10.0 Å². The predicted octanol–water partition coefficient (Wildman–Crippen LogP) is -0.0483. The first-order chi connectivity index (χ1) is 7.95. The van der Waals surface area contributed by atoms with Crippen LogP contribution >= 0.6 is 0 Å². The standard InChI is InChI=1S/C11H25N3O2S/c1-4-17(15,16)14-9-7-13(8-10-14)6-5-12-11(2)3/h11-12H,4-10H2,1-3H3. The van der Waals surface area contributed by atoms with Gasteiger partial charge in [-0.15, -0.1) is 0 Å². The molecule has 5 nitrogen and oxygen atoms in total. The van der Waals surface area contributed by atoms with Crippen LogP contribution < -0.4 is 5.32 Å². The van der Waals surface area contributed by atoms with Crippen molar-refractivity contribution in [3.8, 4) is 0 Å². The summed E-state index contributed by atoms with van der Waals surface area (Å²) in [6.07, 6.45) is 0. The molecule has 0 bridgehead atoms. The molecule has 1 saturated heterocycles. The molecule has 1 aliphatic rings. The van der Waals surface area contributed by atoms with Crippen molar-refractivity contribution >= 4 is 10.0 Å². The molecule has 1 N–H and O–H groups in total. The molecule has 0 saturated carbocycles. The highest BCUT2D eigenvalue weighted by molar-refractivity contribution is 7.89. The van der Waals surface area contributed by atoms with Gasteiger partial charge in [0.15, 0.2) is 0 Å². The SMILES string of the molecule is CCS(=O)(=O)N1CCN(CCNC(C)C)CC1. The van der Waals surface area contributed by atoms with Gasteiger partial charge in [0, 0.05) is 45.3 Å². The smallest absolute Gasteiger partial charge is 0.213 e. The van der Waals surface area contributed by atoms with E-state index in [1.54, 1.807) is 11.2 Å². The summed E-state index contributed by atoms with van der Waals surface area (Å²) in [5.74, 6) is 0.210. The van der Waals surface area contributed by atoms with Crippen molar-refractivity contribution in [2.45, 2.75) is 26.8 Å². The summed E-state index contributed by atoms with van der Waals surface area (Å²) in [7, 11) is -2.99. The van der Waals surface area contributed by atoms with Crippen LogP contribution in [-0.4, -0.2) is 68.7 Å². The highest BCUT2D eigenvalue weighted by atomic mass is 32.2. The third-order valence-corrected chi connectivity index (χ3v) is 4.95.